The first-order valence-corrected chi connectivity index (χ1v) is 16.1. The third-order valence-electron chi connectivity index (χ3n) is 13.9. The van der Waals surface area contributed by atoms with Crippen LogP contribution in [0, 0.1) is 51.2 Å². The summed E-state index contributed by atoms with van der Waals surface area (Å²) in [7, 11) is 0. The fourth-order valence-electron chi connectivity index (χ4n) is 12.5. The summed E-state index contributed by atoms with van der Waals surface area (Å²) in [6.07, 6.45) is 18.7. The molecular weight excluding hydrogens is 458 g/mol. The van der Waals surface area contributed by atoms with E-state index < -0.39 is 0 Å². The summed E-state index contributed by atoms with van der Waals surface area (Å²) in [5.74, 6) is 3.74. The van der Waals surface area contributed by atoms with Crippen LogP contribution in [-0.2, 0) is 9.53 Å². The van der Waals surface area contributed by atoms with Gasteiger partial charge in [0.05, 0.1) is 18.3 Å². The van der Waals surface area contributed by atoms with Crippen LogP contribution in [0.2, 0.25) is 0 Å². The highest BCUT2D eigenvalue weighted by Crippen LogP contribution is 2.74. The first-order chi connectivity index (χ1) is 17.5. The minimum atomic E-state index is -0.139. The molecule has 6 rings (SSSR count). The van der Waals surface area contributed by atoms with Gasteiger partial charge in [-0.1, -0.05) is 40.5 Å². The fraction of sp³-hybridized carbons (Fsp3) is 0.970. The molecule has 0 aromatic rings. The van der Waals surface area contributed by atoms with Crippen molar-refractivity contribution in [1.29, 1.82) is 0 Å². The number of hydrogen-bond donors (Lipinski definition) is 2. The largest absolute Gasteiger partial charge is 0.393 e. The van der Waals surface area contributed by atoms with Crippen molar-refractivity contribution in [3.05, 3.63) is 0 Å². The number of carbonyl (C=O) groups excluding carboxylic acids is 1. The molecule has 0 radical (unpaired) electrons. The van der Waals surface area contributed by atoms with Crippen molar-refractivity contribution in [3.8, 4) is 0 Å². The summed E-state index contributed by atoms with van der Waals surface area (Å²) in [5.41, 5.74) is 1.44. The number of rotatable bonds is 3. The van der Waals surface area contributed by atoms with Crippen LogP contribution < -0.4 is 5.32 Å². The zero-order chi connectivity index (χ0) is 26.2. The third kappa shape index (κ3) is 4.08. The Morgan fingerprint density at radius 1 is 0.946 bits per heavy atom. The predicted molar refractivity (Wildman–Crippen MR) is 148 cm³/mol. The SMILES string of the molecule is CC(=O)NCCC1CC(C)C2C(CC3C4CCC5C6(CCCC(O)C5(C)C)CCC4(CCCC32C)C6)O1. The Morgan fingerprint density at radius 2 is 1.70 bits per heavy atom. The molecule has 0 aromatic heterocycles. The number of aliphatic hydroxyl groups excluding tert-OH is 1. The first kappa shape index (κ1) is 26.6. The maximum Gasteiger partial charge on any atom is 0.216 e. The van der Waals surface area contributed by atoms with Crippen LogP contribution in [0.15, 0.2) is 0 Å². The van der Waals surface area contributed by atoms with Crippen molar-refractivity contribution >= 4 is 5.91 Å². The highest BCUT2D eigenvalue weighted by atomic mass is 16.5. The molecule has 210 valence electrons. The average Bonchev–Trinajstić information content (AvgIpc) is 3.20. The molecule has 1 heterocycles. The van der Waals surface area contributed by atoms with Gasteiger partial charge >= 0.3 is 0 Å². The smallest absolute Gasteiger partial charge is 0.216 e. The number of fused-ring (bicyclic) bond motifs is 4. The van der Waals surface area contributed by atoms with Crippen molar-refractivity contribution in [1.82, 2.24) is 5.32 Å². The van der Waals surface area contributed by atoms with Crippen molar-refractivity contribution in [2.75, 3.05) is 6.54 Å². The van der Waals surface area contributed by atoms with E-state index in [1.807, 2.05) is 0 Å². The molecule has 4 heteroatoms. The Morgan fingerprint density at radius 3 is 2.49 bits per heavy atom. The van der Waals surface area contributed by atoms with Gasteiger partial charge in [-0.15, -0.1) is 0 Å². The molecule has 6 fully saturated rings. The molecular formula is C33H55NO3. The van der Waals surface area contributed by atoms with E-state index in [4.69, 9.17) is 4.74 Å². The third-order valence-corrected chi connectivity index (χ3v) is 13.9. The van der Waals surface area contributed by atoms with E-state index in [0.717, 1.165) is 37.6 Å². The number of carbonyl (C=O) groups is 1. The van der Waals surface area contributed by atoms with Gasteiger partial charge in [-0.05, 0) is 128 Å². The van der Waals surface area contributed by atoms with Gasteiger partial charge in [0, 0.05) is 13.5 Å². The van der Waals surface area contributed by atoms with Crippen molar-refractivity contribution in [3.63, 3.8) is 0 Å². The molecule has 5 saturated carbocycles. The number of nitrogens with one attached hydrogen (secondary N) is 1. The van der Waals surface area contributed by atoms with Gasteiger partial charge in [-0.2, -0.15) is 0 Å². The van der Waals surface area contributed by atoms with Gasteiger partial charge < -0.3 is 15.2 Å². The summed E-state index contributed by atoms with van der Waals surface area (Å²) in [4.78, 5) is 11.4. The van der Waals surface area contributed by atoms with Gasteiger partial charge in [-0.3, -0.25) is 4.79 Å². The van der Waals surface area contributed by atoms with E-state index in [-0.39, 0.29) is 17.4 Å². The van der Waals surface area contributed by atoms with E-state index in [1.165, 1.54) is 70.6 Å². The van der Waals surface area contributed by atoms with Crippen LogP contribution in [-0.4, -0.2) is 35.9 Å². The van der Waals surface area contributed by atoms with E-state index >= 15 is 0 Å². The van der Waals surface area contributed by atoms with Crippen molar-refractivity contribution in [2.24, 2.45) is 51.2 Å². The highest BCUT2D eigenvalue weighted by molar-refractivity contribution is 5.72. The minimum absolute atomic E-state index is 0.0390. The maximum absolute atomic E-state index is 11.4. The molecule has 11 atom stereocenters. The topological polar surface area (TPSA) is 58.6 Å². The molecule has 4 nitrogen and oxygen atoms in total. The van der Waals surface area contributed by atoms with Gasteiger partial charge in [0.25, 0.3) is 0 Å². The van der Waals surface area contributed by atoms with Crippen LogP contribution in [0.5, 0.6) is 0 Å². The zero-order valence-corrected chi connectivity index (χ0v) is 24.5. The molecule has 1 saturated heterocycles. The summed E-state index contributed by atoms with van der Waals surface area (Å²) in [6.45, 7) is 12.4. The quantitative estimate of drug-likeness (QED) is 0.432. The monoisotopic (exact) mass is 513 g/mol. The summed E-state index contributed by atoms with van der Waals surface area (Å²) >= 11 is 0. The second kappa shape index (κ2) is 9.22. The normalized spacial score (nSPS) is 52.5. The Hall–Kier alpha value is -0.610. The molecule has 2 bridgehead atoms. The lowest BCUT2D eigenvalue weighted by Crippen LogP contribution is -2.45. The molecule has 2 spiro atoms. The van der Waals surface area contributed by atoms with Crippen molar-refractivity contribution < 1.29 is 14.6 Å². The molecule has 2 N–H and O–H groups in total. The molecule has 6 aliphatic rings. The van der Waals surface area contributed by atoms with E-state index in [9.17, 15) is 9.90 Å². The predicted octanol–water partition coefficient (Wildman–Crippen LogP) is 6.89. The van der Waals surface area contributed by atoms with Crippen LogP contribution in [0.4, 0.5) is 0 Å². The maximum atomic E-state index is 11.4. The number of amides is 1. The Labute approximate surface area is 226 Å². The lowest BCUT2D eigenvalue weighted by Gasteiger charge is -2.47. The number of ether oxygens (including phenoxy) is 1. The summed E-state index contributed by atoms with van der Waals surface area (Å²) in [6, 6.07) is 0. The zero-order valence-electron chi connectivity index (χ0n) is 24.5. The molecule has 37 heavy (non-hydrogen) atoms. The molecule has 1 aliphatic heterocycles. The van der Waals surface area contributed by atoms with Gasteiger partial charge in [0.15, 0.2) is 0 Å². The van der Waals surface area contributed by atoms with Crippen LogP contribution in [0.3, 0.4) is 0 Å². The van der Waals surface area contributed by atoms with Crippen LogP contribution in [0.1, 0.15) is 125 Å². The van der Waals surface area contributed by atoms with Gasteiger partial charge in [0.2, 0.25) is 5.91 Å². The van der Waals surface area contributed by atoms with E-state index in [0.29, 0.717) is 46.2 Å². The van der Waals surface area contributed by atoms with Crippen molar-refractivity contribution in [2.45, 2.75) is 143 Å². The van der Waals surface area contributed by atoms with Gasteiger partial charge in [-0.25, -0.2) is 0 Å². The average molecular weight is 514 g/mol. The standard InChI is InChI=1S/C33H55NO3/c1-21-18-23(11-17-34-22(2)35)37-26-19-25-24-9-10-27-30(3,4)28(36)8-6-13-33(27)16-15-32(24,20-33)14-7-12-31(25,5)29(21)26/h21,23-29,36H,6-20H2,1-5H3,(H,34,35). The minimum Gasteiger partial charge on any atom is -0.393 e. The molecule has 0 aromatic carbocycles. The Balaban J connectivity index is 1.28. The number of hydrogen-bond acceptors (Lipinski definition) is 3. The van der Waals surface area contributed by atoms with E-state index in [1.54, 1.807) is 6.92 Å². The van der Waals surface area contributed by atoms with Crippen LogP contribution in [0.25, 0.3) is 0 Å². The lowest BCUT2D eigenvalue weighted by molar-refractivity contribution is -0.122. The Kier molecular flexibility index (Phi) is 6.63. The molecule has 1 amide bonds. The van der Waals surface area contributed by atoms with Crippen LogP contribution >= 0.6 is 0 Å². The lowest BCUT2D eigenvalue weighted by atomic mass is 9.58. The van der Waals surface area contributed by atoms with E-state index in [2.05, 4.69) is 33.0 Å². The Bertz CT molecular complexity index is 887. The molecule has 11 unspecified atom stereocenters. The highest BCUT2D eigenvalue weighted by Gasteiger charge is 2.67. The molecule has 5 aliphatic carbocycles. The first-order valence-electron chi connectivity index (χ1n) is 16.1. The van der Waals surface area contributed by atoms with Gasteiger partial charge in [0.1, 0.15) is 0 Å². The number of aliphatic hydroxyl groups is 1. The fourth-order valence-corrected chi connectivity index (χ4v) is 12.5. The second-order valence-electron chi connectivity index (χ2n) is 15.9. The summed E-state index contributed by atoms with van der Waals surface area (Å²) in [5, 5.41) is 14.2. The summed E-state index contributed by atoms with van der Waals surface area (Å²) < 4.78 is 6.92. The second-order valence-corrected chi connectivity index (χ2v) is 15.9.